The van der Waals surface area contributed by atoms with E-state index in [4.69, 9.17) is 0 Å². The van der Waals surface area contributed by atoms with Crippen molar-refractivity contribution in [3.63, 3.8) is 0 Å². The Balaban J connectivity index is 2.06. The van der Waals surface area contributed by atoms with Crippen LogP contribution < -0.4 is 0 Å². The van der Waals surface area contributed by atoms with Gasteiger partial charge in [0, 0.05) is 17.0 Å². The summed E-state index contributed by atoms with van der Waals surface area (Å²) >= 11 is 0. The number of aromatic nitrogens is 1. The van der Waals surface area contributed by atoms with Gasteiger partial charge in [-0.15, -0.1) is 0 Å². The van der Waals surface area contributed by atoms with Crippen molar-refractivity contribution in [3.8, 4) is 33.9 Å². The van der Waals surface area contributed by atoms with E-state index in [0.717, 1.165) is 27.8 Å². The van der Waals surface area contributed by atoms with Crippen molar-refractivity contribution in [1.82, 2.24) is 4.98 Å². The first-order valence-electron chi connectivity index (χ1n) is 7.70. The van der Waals surface area contributed by atoms with Crippen molar-refractivity contribution in [3.05, 3.63) is 78.9 Å². The predicted octanol–water partition coefficient (Wildman–Crippen LogP) is 4.98. The van der Waals surface area contributed by atoms with Crippen LogP contribution in [-0.4, -0.2) is 15.2 Å². The molecule has 1 heterocycles. The topological polar surface area (TPSA) is 53.4 Å². The summed E-state index contributed by atoms with van der Waals surface area (Å²) in [5, 5.41) is 20.5. The maximum Gasteiger partial charge on any atom is 0.159 e. The zero-order chi connectivity index (χ0) is 16.5. The van der Waals surface area contributed by atoms with Gasteiger partial charge in [-0.05, 0) is 23.3 Å². The zero-order valence-corrected chi connectivity index (χ0v) is 12.8. The third-order valence-electron chi connectivity index (χ3n) is 4.06. The van der Waals surface area contributed by atoms with Crippen LogP contribution in [-0.2, 0) is 0 Å². The molecule has 0 aliphatic heterocycles. The summed E-state index contributed by atoms with van der Waals surface area (Å²) < 4.78 is 0. The Kier molecular flexibility index (Phi) is 3.39. The number of hydrogen-bond acceptors (Lipinski definition) is 3. The van der Waals surface area contributed by atoms with Crippen LogP contribution in [0.15, 0.2) is 78.9 Å². The summed E-state index contributed by atoms with van der Waals surface area (Å²) in [6, 6.07) is 25.0. The maximum absolute atomic E-state index is 9.90. The highest BCUT2D eigenvalue weighted by Crippen LogP contribution is 2.37. The average molecular weight is 313 g/mol. The van der Waals surface area contributed by atoms with Crippen LogP contribution in [0.5, 0.6) is 11.5 Å². The molecule has 24 heavy (non-hydrogen) atoms. The molecule has 2 N–H and O–H groups in total. The van der Waals surface area contributed by atoms with E-state index in [1.807, 2.05) is 66.7 Å². The molecular formula is C21H15NO2. The normalized spacial score (nSPS) is 10.8. The second-order valence-electron chi connectivity index (χ2n) is 5.65. The quantitative estimate of drug-likeness (QED) is 0.513. The van der Waals surface area contributed by atoms with Crippen LogP contribution in [0.2, 0.25) is 0 Å². The zero-order valence-electron chi connectivity index (χ0n) is 12.8. The number of hydrogen-bond donors (Lipinski definition) is 2. The minimum Gasteiger partial charge on any atom is -0.504 e. The number of aromatic hydroxyl groups is 2. The minimum atomic E-state index is -0.167. The van der Waals surface area contributed by atoms with Gasteiger partial charge in [-0.2, -0.15) is 0 Å². The molecular weight excluding hydrogens is 298 g/mol. The smallest absolute Gasteiger partial charge is 0.159 e. The van der Waals surface area contributed by atoms with Gasteiger partial charge in [-0.3, -0.25) is 0 Å². The van der Waals surface area contributed by atoms with Crippen molar-refractivity contribution in [2.45, 2.75) is 0 Å². The Labute approximate surface area is 139 Å². The van der Waals surface area contributed by atoms with E-state index in [1.165, 1.54) is 6.07 Å². The fourth-order valence-electron chi connectivity index (χ4n) is 2.86. The lowest BCUT2D eigenvalue weighted by molar-refractivity contribution is 0.405. The standard InChI is InChI=1S/C21H15NO2/c23-20-12-17-16(14-7-3-1-4-8-14)11-18(15-9-5-2-6-10-15)22-19(17)13-21(20)24/h1-13,23-24H. The van der Waals surface area contributed by atoms with E-state index < -0.39 is 0 Å². The van der Waals surface area contributed by atoms with Gasteiger partial charge in [0.25, 0.3) is 0 Å². The minimum absolute atomic E-state index is 0.144. The third kappa shape index (κ3) is 2.46. The van der Waals surface area contributed by atoms with Gasteiger partial charge < -0.3 is 10.2 Å². The number of nitrogens with zero attached hydrogens (tertiary/aromatic N) is 1. The van der Waals surface area contributed by atoms with Crippen LogP contribution in [0, 0.1) is 0 Å². The molecule has 0 fully saturated rings. The Morgan fingerprint density at radius 2 is 1.21 bits per heavy atom. The van der Waals surface area contributed by atoms with Crippen molar-refractivity contribution < 1.29 is 10.2 Å². The second-order valence-corrected chi connectivity index (χ2v) is 5.65. The molecule has 4 rings (SSSR count). The first-order valence-corrected chi connectivity index (χ1v) is 7.70. The Morgan fingerprint density at radius 1 is 0.625 bits per heavy atom. The molecule has 0 saturated heterocycles. The predicted molar refractivity (Wildman–Crippen MR) is 95.9 cm³/mol. The van der Waals surface area contributed by atoms with E-state index in [2.05, 4.69) is 4.98 Å². The van der Waals surface area contributed by atoms with Crippen LogP contribution in [0.3, 0.4) is 0 Å². The summed E-state index contributed by atoms with van der Waals surface area (Å²) in [4.78, 5) is 4.66. The molecule has 3 aromatic carbocycles. The summed E-state index contributed by atoms with van der Waals surface area (Å²) in [6.45, 7) is 0. The number of pyridine rings is 1. The summed E-state index contributed by atoms with van der Waals surface area (Å²) in [6.07, 6.45) is 0. The average Bonchev–Trinajstić information content (AvgIpc) is 2.63. The molecule has 0 radical (unpaired) electrons. The molecule has 3 nitrogen and oxygen atoms in total. The Morgan fingerprint density at radius 3 is 1.88 bits per heavy atom. The van der Waals surface area contributed by atoms with Crippen LogP contribution in [0.1, 0.15) is 0 Å². The lowest BCUT2D eigenvalue weighted by Crippen LogP contribution is -1.90. The number of fused-ring (bicyclic) bond motifs is 1. The van der Waals surface area contributed by atoms with Gasteiger partial charge in [0.2, 0.25) is 0 Å². The van der Waals surface area contributed by atoms with Gasteiger partial charge in [0.1, 0.15) is 0 Å². The van der Waals surface area contributed by atoms with Crippen LogP contribution in [0.25, 0.3) is 33.3 Å². The number of benzene rings is 3. The van der Waals surface area contributed by atoms with Crippen molar-refractivity contribution in [1.29, 1.82) is 0 Å². The summed E-state index contributed by atoms with van der Waals surface area (Å²) in [5.74, 6) is -0.312. The summed E-state index contributed by atoms with van der Waals surface area (Å²) in [5.41, 5.74) is 4.48. The molecule has 1 aromatic heterocycles. The van der Waals surface area contributed by atoms with E-state index >= 15 is 0 Å². The lowest BCUT2D eigenvalue weighted by Gasteiger charge is -2.11. The molecule has 0 amide bonds. The highest BCUT2D eigenvalue weighted by molar-refractivity contribution is 5.98. The molecule has 0 spiro atoms. The van der Waals surface area contributed by atoms with Gasteiger partial charge in [0.15, 0.2) is 11.5 Å². The van der Waals surface area contributed by atoms with Crippen LogP contribution >= 0.6 is 0 Å². The monoisotopic (exact) mass is 313 g/mol. The number of rotatable bonds is 2. The van der Waals surface area contributed by atoms with Gasteiger partial charge in [0.05, 0.1) is 11.2 Å². The fraction of sp³-hybridized carbons (Fsp3) is 0. The summed E-state index contributed by atoms with van der Waals surface area (Å²) in [7, 11) is 0. The van der Waals surface area contributed by atoms with Crippen molar-refractivity contribution >= 4 is 10.9 Å². The van der Waals surface area contributed by atoms with Crippen molar-refractivity contribution in [2.75, 3.05) is 0 Å². The molecule has 0 unspecified atom stereocenters. The van der Waals surface area contributed by atoms with Crippen LogP contribution in [0.4, 0.5) is 0 Å². The van der Waals surface area contributed by atoms with Gasteiger partial charge in [-0.1, -0.05) is 60.7 Å². The molecule has 116 valence electrons. The first kappa shape index (κ1) is 14.3. The molecule has 0 saturated carbocycles. The lowest BCUT2D eigenvalue weighted by atomic mass is 9.98. The van der Waals surface area contributed by atoms with E-state index in [-0.39, 0.29) is 11.5 Å². The Hall–Kier alpha value is -3.33. The highest BCUT2D eigenvalue weighted by Gasteiger charge is 2.12. The third-order valence-corrected chi connectivity index (χ3v) is 4.06. The van der Waals surface area contributed by atoms with Gasteiger partial charge >= 0.3 is 0 Å². The largest absolute Gasteiger partial charge is 0.504 e. The van der Waals surface area contributed by atoms with E-state index in [1.54, 1.807) is 6.07 Å². The van der Waals surface area contributed by atoms with E-state index in [0.29, 0.717) is 5.52 Å². The molecule has 3 heteroatoms. The maximum atomic E-state index is 9.90. The second kappa shape index (κ2) is 5.70. The fourth-order valence-corrected chi connectivity index (χ4v) is 2.86. The molecule has 0 aliphatic carbocycles. The van der Waals surface area contributed by atoms with Gasteiger partial charge in [-0.25, -0.2) is 4.98 Å². The Bertz CT molecular complexity index is 1010. The molecule has 0 bridgehead atoms. The highest BCUT2D eigenvalue weighted by atomic mass is 16.3. The molecule has 0 aliphatic rings. The first-order chi connectivity index (χ1) is 11.7. The van der Waals surface area contributed by atoms with E-state index in [9.17, 15) is 10.2 Å². The van der Waals surface area contributed by atoms with Crippen molar-refractivity contribution in [2.24, 2.45) is 0 Å². The molecule has 4 aromatic rings. The molecule has 0 atom stereocenters. The SMILES string of the molecule is Oc1cc2nc(-c3ccccc3)cc(-c3ccccc3)c2cc1O. The number of phenols is 2. The number of phenolic OH excluding ortho intramolecular Hbond substituents is 2.